The van der Waals surface area contributed by atoms with Crippen LogP contribution in [0.2, 0.25) is 5.15 Å². The Morgan fingerprint density at radius 1 is 1.38 bits per heavy atom. The molecule has 0 fully saturated rings. The highest BCUT2D eigenvalue weighted by atomic mass is 35.5. The fourth-order valence-corrected chi connectivity index (χ4v) is 3.40. The average Bonchev–Trinajstić information content (AvgIpc) is 3.20. The molecule has 0 saturated carbocycles. The Kier molecular flexibility index (Phi) is 4.82. The number of rotatable bonds is 5. The topological polar surface area (TPSA) is 72.7 Å². The predicted molar refractivity (Wildman–Crippen MR) is 91.4 cm³/mol. The summed E-state index contributed by atoms with van der Waals surface area (Å²) in [6.07, 6.45) is 1.75. The van der Waals surface area contributed by atoms with Crippen LogP contribution in [-0.2, 0) is 9.53 Å². The maximum Gasteiger partial charge on any atom is 0.307 e. The summed E-state index contributed by atoms with van der Waals surface area (Å²) in [5.41, 5.74) is 0.812. The number of thiophene rings is 1. The van der Waals surface area contributed by atoms with Gasteiger partial charge in [0, 0.05) is 11.1 Å². The number of esters is 1. The number of carbonyl (C=O) groups excluding carboxylic acids is 2. The first kappa shape index (κ1) is 16.5. The molecule has 0 saturated heterocycles. The number of imidazole rings is 1. The quantitative estimate of drug-likeness (QED) is 0.707. The van der Waals surface area contributed by atoms with E-state index in [9.17, 15) is 9.59 Å². The summed E-state index contributed by atoms with van der Waals surface area (Å²) in [4.78, 5) is 29.4. The molecule has 3 aromatic heterocycles. The van der Waals surface area contributed by atoms with Gasteiger partial charge < -0.3 is 10.1 Å². The zero-order valence-electron chi connectivity index (χ0n) is 12.7. The van der Waals surface area contributed by atoms with Crippen LogP contribution in [0.1, 0.15) is 27.8 Å². The minimum atomic E-state index is -0.490. The van der Waals surface area contributed by atoms with E-state index in [0.29, 0.717) is 5.65 Å². The van der Waals surface area contributed by atoms with Crippen LogP contribution in [0, 0.1) is 0 Å². The maximum atomic E-state index is 12.7. The molecule has 3 heterocycles. The number of hydrogen-bond acceptors (Lipinski definition) is 5. The molecule has 1 amide bonds. The van der Waals surface area contributed by atoms with Crippen LogP contribution >= 0.6 is 22.9 Å². The molecule has 124 valence electrons. The summed E-state index contributed by atoms with van der Waals surface area (Å²) in [6, 6.07) is 8.58. The van der Waals surface area contributed by atoms with Gasteiger partial charge in [0.25, 0.3) is 5.91 Å². The molecule has 1 unspecified atom stereocenters. The van der Waals surface area contributed by atoms with Gasteiger partial charge in [-0.15, -0.1) is 11.3 Å². The Hall–Kier alpha value is -2.38. The second-order valence-corrected chi connectivity index (χ2v) is 6.34. The molecule has 0 aliphatic carbocycles. The molecular weight excluding hydrogens is 350 g/mol. The van der Waals surface area contributed by atoms with Crippen LogP contribution in [0.25, 0.3) is 5.65 Å². The van der Waals surface area contributed by atoms with Crippen molar-refractivity contribution in [3.63, 3.8) is 0 Å². The lowest BCUT2D eigenvalue weighted by Crippen LogP contribution is -2.31. The molecule has 0 aliphatic heterocycles. The fourth-order valence-electron chi connectivity index (χ4n) is 2.36. The van der Waals surface area contributed by atoms with Crippen LogP contribution in [0.5, 0.6) is 0 Å². The highest BCUT2D eigenvalue weighted by Crippen LogP contribution is 2.24. The van der Waals surface area contributed by atoms with Crippen molar-refractivity contribution in [3.05, 3.63) is 57.6 Å². The lowest BCUT2D eigenvalue weighted by molar-refractivity contribution is -0.141. The van der Waals surface area contributed by atoms with Crippen LogP contribution in [0.3, 0.4) is 0 Å². The Balaban J connectivity index is 1.90. The monoisotopic (exact) mass is 363 g/mol. The first-order valence-corrected chi connectivity index (χ1v) is 8.39. The van der Waals surface area contributed by atoms with E-state index in [2.05, 4.69) is 10.3 Å². The van der Waals surface area contributed by atoms with Gasteiger partial charge in [-0.1, -0.05) is 23.7 Å². The van der Waals surface area contributed by atoms with Crippen molar-refractivity contribution in [2.24, 2.45) is 0 Å². The van der Waals surface area contributed by atoms with Crippen LogP contribution in [0.4, 0.5) is 0 Å². The Bertz CT molecular complexity index is 876. The highest BCUT2D eigenvalue weighted by molar-refractivity contribution is 7.10. The van der Waals surface area contributed by atoms with Crippen molar-refractivity contribution in [1.82, 2.24) is 14.7 Å². The zero-order valence-corrected chi connectivity index (χ0v) is 14.3. The summed E-state index contributed by atoms with van der Waals surface area (Å²) < 4.78 is 6.33. The minimum absolute atomic E-state index is 0.0388. The van der Waals surface area contributed by atoms with Gasteiger partial charge in [-0.25, -0.2) is 4.98 Å². The van der Waals surface area contributed by atoms with Crippen LogP contribution in [-0.4, -0.2) is 28.4 Å². The van der Waals surface area contributed by atoms with Gasteiger partial charge >= 0.3 is 5.97 Å². The summed E-state index contributed by atoms with van der Waals surface area (Å²) in [6.45, 7) is 0. The number of carbonyl (C=O) groups is 2. The van der Waals surface area contributed by atoms with E-state index in [1.807, 2.05) is 23.6 Å². The van der Waals surface area contributed by atoms with Gasteiger partial charge in [0.2, 0.25) is 0 Å². The van der Waals surface area contributed by atoms with Crippen LogP contribution in [0.15, 0.2) is 41.9 Å². The second-order valence-electron chi connectivity index (χ2n) is 5.00. The van der Waals surface area contributed by atoms with Gasteiger partial charge in [0.15, 0.2) is 10.8 Å². The maximum absolute atomic E-state index is 12.7. The van der Waals surface area contributed by atoms with E-state index in [1.165, 1.54) is 18.4 Å². The van der Waals surface area contributed by atoms with E-state index in [0.717, 1.165) is 4.88 Å². The number of hydrogen-bond donors (Lipinski definition) is 1. The number of halogens is 1. The highest BCUT2D eigenvalue weighted by Gasteiger charge is 2.24. The summed E-state index contributed by atoms with van der Waals surface area (Å²) in [5.74, 6) is -0.807. The lowest BCUT2D eigenvalue weighted by Gasteiger charge is -2.16. The molecule has 8 heteroatoms. The molecule has 0 aromatic carbocycles. The molecule has 0 radical (unpaired) electrons. The zero-order chi connectivity index (χ0) is 17.1. The van der Waals surface area contributed by atoms with E-state index in [1.54, 1.807) is 22.7 Å². The number of aromatic nitrogens is 2. The molecule has 3 rings (SSSR count). The van der Waals surface area contributed by atoms with Gasteiger partial charge in [0.05, 0.1) is 19.6 Å². The third kappa shape index (κ3) is 3.27. The third-order valence-corrected chi connectivity index (χ3v) is 4.74. The normalized spacial score (nSPS) is 12.1. The molecule has 1 atom stereocenters. The first-order chi connectivity index (χ1) is 11.6. The predicted octanol–water partition coefficient (Wildman–Crippen LogP) is 3.08. The number of ether oxygens (including phenoxy) is 1. The molecule has 0 bridgehead atoms. The van der Waals surface area contributed by atoms with Crippen molar-refractivity contribution in [2.45, 2.75) is 12.5 Å². The summed E-state index contributed by atoms with van der Waals surface area (Å²) in [7, 11) is 1.32. The van der Waals surface area contributed by atoms with Crippen molar-refractivity contribution < 1.29 is 14.3 Å². The Labute approximate surface area is 147 Å². The van der Waals surface area contributed by atoms with E-state index >= 15 is 0 Å². The SMILES string of the molecule is COC(=O)CC(NC(=O)c1c(Cl)nc2ccccn12)c1cccs1. The van der Waals surface area contributed by atoms with Gasteiger partial charge in [0.1, 0.15) is 5.65 Å². The molecule has 24 heavy (non-hydrogen) atoms. The Morgan fingerprint density at radius 3 is 2.92 bits per heavy atom. The summed E-state index contributed by atoms with van der Waals surface area (Å²) >= 11 is 7.57. The van der Waals surface area contributed by atoms with Gasteiger partial charge in [-0.2, -0.15) is 0 Å². The Morgan fingerprint density at radius 2 is 2.21 bits per heavy atom. The first-order valence-electron chi connectivity index (χ1n) is 7.14. The molecular formula is C16H14ClN3O3S. The van der Waals surface area contributed by atoms with Crippen molar-refractivity contribution in [1.29, 1.82) is 0 Å². The number of pyridine rings is 1. The number of nitrogens with one attached hydrogen (secondary N) is 1. The van der Waals surface area contributed by atoms with Crippen molar-refractivity contribution >= 4 is 40.5 Å². The molecule has 0 aliphatic rings. The minimum Gasteiger partial charge on any atom is -0.469 e. The number of methoxy groups -OCH3 is 1. The van der Waals surface area contributed by atoms with Crippen molar-refractivity contribution in [2.75, 3.05) is 7.11 Å². The number of amides is 1. The van der Waals surface area contributed by atoms with Crippen molar-refractivity contribution in [3.8, 4) is 0 Å². The smallest absolute Gasteiger partial charge is 0.307 e. The third-order valence-electron chi connectivity index (χ3n) is 3.49. The van der Waals surface area contributed by atoms with E-state index in [-0.39, 0.29) is 17.3 Å². The van der Waals surface area contributed by atoms with Gasteiger partial charge in [-0.3, -0.25) is 14.0 Å². The lowest BCUT2D eigenvalue weighted by atomic mass is 10.1. The fraction of sp³-hybridized carbons (Fsp3) is 0.188. The standard InChI is InChI=1S/C16H14ClN3O3S/c1-23-13(21)9-10(11-5-4-8-24-11)18-16(22)14-15(17)19-12-6-2-3-7-20(12)14/h2-8,10H,9H2,1H3,(H,18,22). The van der Waals surface area contributed by atoms with E-state index in [4.69, 9.17) is 16.3 Å². The molecule has 3 aromatic rings. The molecule has 0 spiro atoms. The van der Waals surface area contributed by atoms with Gasteiger partial charge in [-0.05, 0) is 23.6 Å². The number of nitrogens with zero attached hydrogens (tertiary/aromatic N) is 2. The summed E-state index contributed by atoms with van der Waals surface area (Å²) in [5, 5.41) is 4.84. The average molecular weight is 364 g/mol. The largest absolute Gasteiger partial charge is 0.469 e. The number of fused-ring (bicyclic) bond motifs is 1. The molecule has 6 nitrogen and oxygen atoms in total. The van der Waals surface area contributed by atoms with E-state index < -0.39 is 17.9 Å². The van der Waals surface area contributed by atoms with Crippen LogP contribution < -0.4 is 5.32 Å². The molecule has 1 N–H and O–H groups in total. The second kappa shape index (κ2) is 7.02.